The highest BCUT2D eigenvalue weighted by atomic mass is 127. The SMILES string of the molecule is Cc1ccc2c(c1)C(C)(C)c1ccc(I)cc1-2. The molecular formula is C16H15I. The van der Waals surface area contributed by atoms with E-state index in [2.05, 4.69) is 79.8 Å². The van der Waals surface area contributed by atoms with Gasteiger partial charge in [-0.05, 0) is 63.9 Å². The summed E-state index contributed by atoms with van der Waals surface area (Å²) in [7, 11) is 0. The van der Waals surface area contributed by atoms with Crippen LogP contribution in [-0.4, -0.2) is 0 Å². The van der Waals surface area contributed by atoms with E-state index in [4.69, 9.17) is 0 Å². The molecule has 0 atom stereocenters. The van der Waals surface area contributed by atoms with Crippen molar-refractivity contribution in [2.24, 2.45) is 0 Å². The molecule has 1 aliphatic carbocycles. The molecule has 0 aromatic heterocycles. The maximum atomic E-state index is 2.39. The van der Waals surface area contributed by atoms with Crippen molar-refractivity contribution in [1.29, 1.82) is 0 Å². The van der Waals surface area contributed by atoms with Crippen LogP contribution in [0.1, 0.15) is 30.5 Å². The number of halogens is 1. The van der Waals surface area contributed by atoms with Crippen molar-refractivity contribution in [1.82, 2.24) is 0 Å². The molecular weight excluding hydrogens is 319 g/mol. The minimum atomic E-state index is 0.140. The van der Waals surface area contributed by atoms with Crippen LogP contribution in [0.15, 0.2) is 36.4 Å². The van der Waals surface area contributed by atoms with Crippen LogP contribution in [0.4, 0.5) is 0 Å². The van der Waals surface area contributed by atoms with Crippen molar-refractivity contribution in [2.45, 2.75) is 26.2 Å². The summed E-state index contributed by atoms with van der Waals surface area (Å²) in [5, 5.41) is 0. The van der Waals surface area contributed by atoms with Crippen LogP contribution < -0.4 is 0 Å². The zero-order chi connectivity index (χ0) is 12.2. The molecule has 0 unspecified atom stereocenters. The lowest BCUT2D eigenvalue weighted by Gasteiger charge is -2.21. The van der Waals surface area contributed by atoms with E-state index in [1.807, 2.05) is 0 Å². The topological polar surface area (TPSA) is 0 Å². The van der Waals surface area contributed by atoms with Crippen LogP contribution in [-0.2, 0) is 5.41 Å². The molecule has 1 heteroatoms. The van der Waals surface area contributed by atoms with Crippen LogP contribution in [0.3, 0.4) is 0 Å². The summed E-state index contributed by atoms with van der Waals surface area (Å²) in [6, 6.07) is 13.6. The predicted octanol–water partition coefficient (Wildman–Crippen LogP) is 4.91. The molecule has 0 aliphatic heterocycles. The van der Waals surface area contributed by atoms with Crippen LogP contribution in [0.25, 0.3) is 11.1 Å². The molecule has 17 heavy (non-hydrogen) atoms. The first kappa shape index (κ1) is 11.3. The largest absolute Gasteiger partial charge is 0.0587 e. The van der Waals surface area contributed by atoms with E-state index >= 15 is 0 Å². The van der Waals surface area contributed by atoms with Gasteiger partial charge in [0.2, 0.25) is 0 Å². The second kappa shape index (κ2) is 3.58. The van der Waals surface area contributed by atoms with Crippen molar-refractivity contribution in [3.63, 3.8) is 0 Å². The Hall–Kier alpha value is -0.830. The van der Waals surface area contributed by atoms with Crippen LogP contribution >= 0.6 is 22.6 Å². The van der Waals surface area contributed by atoms with E-state index in [-0.39, 0.29) is 5.41 Å². The van der Waals surface area contributed by atoms with Gasteiger partial charge < -0.3 is 0 Å². The highest BCUT2D eigenvalue weighted by Gasteiger charge is 2.35. The molecule has 2 aromatic rings. The summed E-state index contributed by atoms with van der Waals surface area (Å²) in [5.41, 5.74) is 7.24. The van der Waals surface area contributed by atoms with Crippen LogP contribution in [0.2, 0.25) is 0 Å². The van der Waals surface area contributed by atoms with Crippen molar-refractivity contribution < 1.29 is 0 Å². The predicted molar refractivity (Wildman–Crippen MR) is 81.5 cm³/mol. The lowest BCUT2D eigenvalue weighted by atomic mass is 9.82. The van der Waals surface area contributed by atoms with E-state index in [0.29, 0.717) is 0 Å². The summed E-state index contributed by atoms with van der Waals surface area (Å²) in [4.78, 5) is 0. The highest BCUT2D eigenvalue weighted by molar-refractivity contribution is 14.1. The van der Waals surface area contributed by atoms with Crippen molar-refractivity contribution >= 4 is 22.6 Å². The Morgan fingerprint density at radius 1 is 0.882 bits per heavy atom. The molecule has 0 nitrogen and oxygen atoms in total. The van der Waals surface area contributed by atoms with Gasteiger partial charge in [0.15, 0.2) is 0 Å². The Bertz CT molecular complexity index is 609. The van der Waals surface area contributed by atoms with Gasteiger partial charge in [-0.3, -0.25) is 0 Å². The fraction of sp³-hybridized carbons (Fsp3) is 0.250. The normalized spacial score (nSPS) is 15.5. The van der Waals surface area contributed by atoms with Gasteiger partial charge in [0.1, 0.15) is 0 Å². The van der Waals surface area contributed by atoms with E-state index < -0.39 is 0 Å². The van der Waals surface area contributed by atoms with E-state index in [1.54, 1.807) is 0 Å². The lowest BCUT2D eigenvalue weighted by Crippen LogP contribution is -2.15. The van der Waals surface area contributed by atoms with Gasteiger partial charge >= 0.3 is 0 Å². The fourth-order valence-corrected chi connectivity index (χ4v) is 3.33. The number of rotatable bonds is 0. The lowest BCUT2D eigenvalue weighted by molar-refractivity contribution is 0.659. The molecule has 0 amide bonds. The van der Waals surface area contributed by atoms with Gasteiger partial charge in [-0.15, -0.1) is 0 Å². The summed E-state index contributed by atoms with van der Waals surface area (Å²) >= 11 is 2.39. The van der Waals surface area contributed by atoms with Gasteiger partial charge in [-0.2, -0.15) is 0 Å². The number of benzene rings is 2. The van der Waals surface area contributed by atoms with Gasteiger partial charge in [0.25, 0.3) is 0 Å². The molecule has 0 N–H and O–H groups in total. The smallest absolute Gasteiger partial charge is 0.0158 e. The Morgan fingerprint density at radius 2 is 1.65 bits per heavy atom. The second-order valence-electron chi connectivity index (χ2n) is 5.36. The Balaban J connectivity index is 2.38. The molecule has 0 saturated heterocycles. The Morgan fingerprint density at radius 3 is 2.41 bits per heavy atom. The van der Waals surface area contributed by atoms with Crippen molar-refractivity contribution in [2.75, 3.05) is 0 Å². The monoisotopic (exact) mass is 334 g/mol. The molecule has 3 rings (SSSR count). The van der Waals surface area contributed by atoms with E-state index in [1.165, 1.54) is 31.4 Å². The second-order valence-corrected chi connectivity index (χ2v) is 6.61. The number of fused-ring (bicyclic) bond motifs is 3. The Labute approximate surface area is 116 Å². The van der Waals surface area contributed by atoms with Crippen molar-refractivity contribution in [3.8, 4) is 11.1 Å². The molecule has 2 aromatic carbocycles. The molecule has 1 aliphatic rings. The average molecular weight is 334 g/mol. The summed E-state index contributed by atoms with van der Waals surface area (Å²) in [6.45, 7) is 6.82. The zero-order valence-electron chi connectivity index (χ0n) is 10.3. The first-order chi connectivity index (χ1) is 8.00. The summed E-state index contributed by atoms with van der Waals surface area (Å²) < 4.78 is 1.31. The standard InChI is InChI=1S/C16H15I/c1-10-4-6-12-13-9-11(17)5-7-14(13)16(2,3)15(12)8-10/h4-9H,1-3H3. The third-order valence-electron chi connectivity index (χ3n) is 3.79. The maximum absolute atomic E-state index is 2.39. The van der Waals surface area contributed by atoms with Crippen LogP contribution in [0.5, 0.6) is 0 Å². The van der Waals surface area contributed by atoms with Crippen LogP contribution in [0, 0.1) is 10.5 Å². The maximum Gasteiger partial charge on any atom is 0.0158 e. The number of aryl methyl sites for hydroxylation is 1. The molecule has 0 saturated carbocycles. The molecule has 0 heterocycles. The average Bonchev–Trinajstić information content (AvgIpc) is 2.48. The fourth-order valence-electron chi connectivity index (χ4n) is 2.84. The molecule has 0 fully saturated rings. The quantitative estimate of drug-likeness (QED) is 0.601. The Kier molecular flexibility index (Phi) is 2.37. The summed E-state index contributed by atoms with van der Waals surface area (Å²) in [6.07, 6.45) is 0. The third kappa shape index (κ3) is 1.55. The molecule has 0 radical (unpaired) electrons. The minimum Gasteiger partial charge on any atom is -0.0587 e. The zero-order valence-corrected chi connectivity index (χ0v) is 12.5. The van der Waals surface area contributed by atoms with Gasteiger partial charge in [0, 0.05) is 8.99 Å². The first-order valence-corrected chi connectivity index (χ1v) is 6.99. The summed E-state index contributed by atoms with van der Waals surface area (Å²) in [5.74, 6) is 0. The van der Waals surface area contributed by atoms with Gasteiger partial charge in [-0.25, -0.2) is 0 Å². The van der Waals surface area contributed by atoms with Crippen molar-refractivity contribution in [3.05, 3.63) is 56.7 Å². The highest BCUT2D eigenvalue weighted by Crippen LogP contribution is 2.48. The van der Waals surface area contributed by atoms with Gasteiger partial charge in [-0.1, -0.05) is 43.7 Å². The molecule has 86 valence electrons. The van der Waals surface area contributed by atoms with E-state index in [0.717, 1.165) is 0 Å². The van der Waals surface area contributed by atoms with E-state index in [9.17, 15) is 0 Å². The number of hydrogen-bond acceptors (Lipinski definition) is 0. The first-order valence-electron chi connectivity index (χ1n) is 5.92. The third-order valence-corrected chi connectivity index (χ3v) is 4.46. The molecule has 0 bridgehead atoms. The minimum absolute atomic E-state index is 0.140. The number of hydrogen-bond donors (Lipinski definition) is 0. The van der Waals surface area contributed by atoms with Gasteiger partial charge in [0.05, 0.1) is 0 Å². The molecule has 0 spiro atoms.